The Morgan fingerprint density at radius 3 is 2.90 bits per heavy atom. The topological polar surface area (TPSA) is 86.7 Å². The molecule has 0 saturated carbocycles. The number of anilines is 1. The third-order valence-electron chi connectivity index (χ3n) is 3.43. The van der Waals surface area contributed by atoms with E-state index in [4.69, 9.17) is 5.11 Å². The van der Waals surface area contributed by atoms with Gasteiger partial charge in [0.1, 0.15) is 6.54 Å². The van der Waals surface area contributed by atoms with E-state index in [0.29, 0.717) is 12.8 Å². The van der Waals surface area contributed by atoms with Crippen molar-refractivity contribution in [2.75, 3.05) is 11.4 Å². The van der Waals surface area contributed by atoms with Gasteiger partial charge in [-0.15, -0.1) is 0 Å². The molecule has 1 atom stereocenters. The van der Waals surface area contributed by atoms with Crippen molar-refractivity contribution in [3.05, 3.63) is 24.3 Å². The zero-order valence-corrected chi connectivity index (χ0v) is 11.3. The average Bonchev–Trinajstić information content (AvgIpc) is 2.92. The van der Waals surface area contributed by atoms with Gasteiger partial charge >= 0.3 is 5.97 Å². The van der Waals surface area contributed by atoms with Crippen LogP contribution in [0.25, 0.3) is 0 Å². The average molecular weight is 292 g/mol. The minimum absolute atomic E-state index is 0.104. The molecule has 2 N–H and O–H groups in total. The number of para-hydroxylation sites is 1. The Kier molecular flexibility index (Phi) is 2.93. The molecule has 2 aliphatic heterocycles. The lowest BCUT2D eigenvalue weighted by atomic mass is 10.2. The number of nitrogens with one attached hydrogen (secondary N) is 1. The van der Waals surface area contributed by atoms with Crippen molar-refractivity contribution < 1.29 is 19.5 Å². The standard InChI is InChI=1S/C13H12N2O4S/c16-10-5-6-13(12(19)14-7-11(17)18)15(10)8-3-1-2-4-9(8)20-13/h1-4H,5-7H2,(H,14,19)(H,17,18). The highest BCUT2D eigenvalue weighted by Gasteiger charge is 2.57. The minimum atomic E-state index is -1.11. The van der Waals surface area contributed by atoms with E-state index >= 15 is 0 Å². The molecule has 104 valence electrons. The second kappa shape index (κ2) is 4.52. The van der Waals surface area contributed by atoms with E-state index in [0.717, 1.165) is 10.6 Å². The molecule has 2 aliphatic rings. The molecule has 3 rings (SSSR count). The molecular formula is C13H12N2O4S. The number of benzene rings is 1. The van der Waals surface area contributed by atoms with E-state index < -0.39 is 23.3 Å². The van der Waals surface area contributed by atoms with Crippen LogP contribution in [-0.2, 0) is 14.4 Å². The Morgan fingerprint density at radius 2 is 2.15 bits per heavy atom. The molecule has 1 aromatic rings. The van der Waals surface area contributed by atoms with E-state index in [1.54, 1.807) is 6.07 Å². The molecule has 0 aliphatic carbocycles. The lowest BCUT2D eigenvalue weighted by molar-refractivity contribution is -0.138. The summed E-state index contributed by atoms with van der Waals surface area (Å²) in [5.74, 6) is -1.63. The molecule has 0 aromatic heterocycles. The number of carbonyl (C=O) groups is 3. The van der Waals surface area contributed by atoms with Gasteiger partial charge < -0.3 is 10.4 Å². The van der Waals surface area contributed by atoms with Crippen molar-refractivity contribution in [1.82, 2.24) is 5.32 Å². The van der Waals surface area contributed by atoms with Crippen molar-refractivity contribution in [2.45, 2.75) is 22.6 Å². The summed E-state index contributed by atoms with van der Waals surface area (Å²) >= 11 is 1.32. The number of rotatable bonds is 3. The van der Waals surface area contributed by atoms with Gasteiger partial charge in [0, 0.05) is 11.3 Å². The number of thioether (sulfide) groups is 1. The van der Waals surface area contributed by atoms with E-state index in [1.165, 1.54) is 16.7 Å². The minimum Gasteiger partial charge on any atom is -0.480 e. The smallest absolute Gasteiger partial charge is 0.322 e. The van der Waals surface area contributed by atoms with Crippen LogP contribution in [0.2, 0.25) is 0 Å². The monoisotopic (exact) mass is 292 g/mol. The fourth-order valence-corrected chi connectivity index (χ4v) is 4.03. The largest absolute Gasteiger partial charge is 0.480 e. The third kappa shape index (κ3) is 1.77. The summed E-state index contributed by atoms with van der Waals surface area (Å²) in [5.41, 5.74) is 0.727. The Hall–Kier alpha value is -2.02. The zero-order chi connectivity index (χ0) is 14.3. The van der Waals surface area contributed by atoms with Crippen molar-refractivity contribution in [2.24, 2.45) is 0 Å². The fraction of sp³-hybridized carbons (Fsp3) is 0.308. The van der Waals surface area contributed by atoms with Crippen LogP contribution in [-0.4, -0.2) is 34.3 Å². The molecule has 0 radical (unpaired) electrons. The number of aliphatic carboxylic acids is 1. The first-order valence-corrected chi connectivity index (χ1v) is 6.97. The molecular weight excluding hydrogens is 280 g/mol. The summed E-state index contributed by atoms with van der Waals surface area (Å²) < 4.78 is 0. The summed E-state index contributed by atoms with van der Waals surface area (Å²) in [6.07, 6.45) is 0.679. The predicted octanol–water partition coefficient (Wildman–Crippen LogP) is 0.816. The van der Waals surface area contributed by atoms with Gasteiger partial charge in [0.2, 0.25) is 5.91 Å². The first-order chi connectivity index (χ1) is 9.54. The second-order valence-corrected chi connectivity index (χ2v) is 5.98. The van der Waals surface area contributed by atoms with Crippen LogP contribution in [0.3, 0.4) is 0 Å². The Morgan fingerprint density at radius 1 is 1.40 bits per heavy atom. The molecule has 0 spiro atoms. The molecule has 6 nitrogen and oxygen atoms in total. The zero-order valence-electron chi connectivity index (χ0n) is 10.5. The summed E-state index contributed by atoms with van der Waals surface area (Å²) in [7, 11) is 0. The summed E-state index contributed by atoms with van der Waals surface area (Å²) in [4.78, 5) is 36.4. The highest BCUT2D eigenvalue weighted by Crippen LogP contribution is 2.55. The molecule has 2 amide bonds. The number of hydrogen-bond acceptors (Lipinski definition) is 4. The SMILES string of the molecule is O=C(O)CNC(=O)C12CCC(=O)N1c1ccccc1S2. The lowest BCUT2D eigenvalue weighted by Gasteiger charge is -2.29. The van der Waals surface area contributed by atoms with Crippen LogP contribution in [0, 0.1) is 0 Å². The summed E-state index contributed by atoms with van der Waals surface area (Å²) in [6, 6.07) is 7.33. The van der Waals surface area contributed by atoms with E-state index in [9.17, 15) is 14.4 Å². The number of nitrogens with zero attached hydrogens (tertiary/aromatic N) is 1. The maximum atomic E-state index is 12.4. The molecule has 1 fully saturated rings. The van der Waals surface area contributed by atoms with Crippen LogP contribution in [0.4, 0.5) is 5.69 Å². The van der Waals surface area contributed by atoms with E-state index in [1.807, 2.05) is 18.2 Å². The second-order valence-electron chi connectivity index (χ2n) is 4.66. The van der Waals surface area contributed by atoms with Gasteiger partial charge in [-0.25, -0.2) is 0 Å². The number of fused-ring (bicyclic) bond motifs is 3. The van der Waals surface area contributed by atoms with Gasteiger partial charge in [0.25, 0.3) is 5.91 Å². The molecule has 1 saturated heterocycles. The Balaban J connectivity index is 1.95. The van der Waals surface area contributed by atoms with Crippen LogP contribution in [0.5, 0.6) is 0 Å². The number of hydrogen-bond donors (Lipinski definition) is 2. The van der Waals surface area contributed by atoms with Gasteiger partial charge in [-0.1, -0.05) is 23.9 Å². The van der Waals surface area contributed by atoms with Gasteiger partial charge in [-0.05, 0) is 18.6 Å². The van der Waals surface area contributed by atoms with E-state index in [-0.39, 0.29) is 5.91 Å². The molecule has 1 unspecified atom stereocenters. The van der Waals surface area contributed by atoms with Crippen molar-refractivity contribution in [3.8, 4) is 0 Å². The number of amides is 2. The van der Waals surface area contributed by atoms with Crippen LogP contribution >= 0.6 is 11.8 Å². The highest BCUT2D eigenvalue weighted by molar-refractivity contribution is 8.02. The number of carboxylic acids is 1. The Bertz CT molecular complexity index is 618. The molecule has 0 bridgehead atoms. The van der Waals surface area contributed by atoms with Crippen LogP contribution in [0.15, 0.2) is 29.2 Å². The van der Waals surface area contributed by atoms with Gasteiger partial charge in [-0.3, -0.25) is 19.3 Å². The molecule has 20 heavy (non-hydrogen) atoms. The van der Waals surface area contributed by atoms with Crippen LogP contribution < -0.4 is 10.2 Å². The predicted molar refractivity (Wildman–Crippen MR) is 72.4 cm³/mol. The van der Waals surface area contributed by atoms with Gasteiger partial charge in [0.05, 0.1) is 5.69 Å². The third-order valence-corrected chi connectivity index (χ3v) is 4.90. The highest BCUT2D eigenvalue weighted by atomic mass is 32.2. The quantitative estimate of drug-likeness (QED) is 0.861. The maximum absolute atomic E-state index is 12.4. The van der Waals surface area contributed by atoms with Crippen molar-refractivity contribution >= 4 is 35.2 Å². The molecule has 1 aromatic carbocycles. The lowest BCUT2D eigenvalue weighted by Crippen LogP contribution is -2.53. The van der Waals surface area contributed by atoms with E-state index in [2.05, 4.69) is 5.32 Å². The van der Waals surface area contributed by atoms with Gasteiger partial charge in [0.15, 0.2) is 4.87 Å². The van der Waals surface area contributed by atoms with Crippen molar-refractivity contribution in [1.29, 1.82) is 0 Å². The maximum Gasteiger partial charge on any atom is 0.322 e. The molecule has 2 heterocycles. The first kappa shape index (κ1) is 13.0. The Labute approximate surface area is 119 Å². The normalized spacial score (nSPS) is 23.4. The van der Waals surface area contributed by atoms with Crippen LogP contribution in [0.1, 0.15) is 12.8 Å². The number of carboxylic acid groups (broad SMARTS) is 1. The molecule has 7 heteroatoms. The first-order valence-electron chi connectivity index (χ1n) is 6.16. The number of carbonyl (C=O) groups excluding carboxylic acids is 2. The summed E-state index contributed by atoms with van der Waals surface area (Å²) in [6.45, 7) is -0.445. The summed E-state index contributed by atoms with van der Waals surface area (Å²) in [5, 5.41) is 11.1. The van der Waals surface area contributed by atoms with Gasteiger partial charge in [-0.2, -0.15) is 0 Å². The van der Waals surface area contributed by atoms with Crippen molar-refractivity contribution in [3.63, 3.8) is 0 Å². The fourth-order valence-electron chi connectivity index (χ4n) is 2.59.